The van der Waals surface area contributed by atoms with Gasteiger partial charge < -0.3 is 10.2 Å². The average Bonchev–Trinajstić information content (AvgIpc) is 2.68. The van der Waals surface area contributed by atoms with Gasteiger partial charge in [0.25, 0.3) is 5.91 Å². The molecule has 1 N–H and O–H groups in total. The summed E-state index contributed by atoms with van der Waals surface area (Å²) in [6.07, 6.45) is 8.63. The molecule has 0 unspecified atom stereocenters. The maximum atomic E-state index is 12.8. The highest BCUT2D eigenvalue weighted by Gasteiger charge is 2.39. The first kappa shape index (κ1) is 16.1. The SMILES string of the molecule is O=C1N[C@@H]2c3ccccc3C=C(C3CCCCC3)N2c2ccc(Br)cc21. The highest BCUT2D eigenvalue weighted by molar-refractivity contribution is 9.10. The average molecular weight is 409 g/mol. The van der Waals surface area contributed by atoms with Crippen molar-refractivity contribution < 1.29 is 4.79 Å². The van der Waals surface area contributed by atoms with Crippen molar-refractivity contribution in [1.82, 2.24) is 5.32 Å². The van der Waals surface area contributed by atoms with E-state index in [1.54, 1.807) is 0 Å². The molecule has 132 valence electrons. The van der Waals surface area contributed by atoms with E-state index < -0.39 is 0 Å². The molecule has 2 heterocycles. The number of hydrogen-bond acceptors (Lipinski definition) is 2. The number of hydrogen-bond donors (Lipinski definition) is 1. The monoisotopic (exact) mass is 408 g/mol. The van der Waals surface area contributed by atoms with Crippen LogP contribution in [0.4, 0.5) is 5.69 Å². The Kier molecular flexibility index (Phi) is 3.89. The predicted octanol–water partition coefficient (Wildman–Crippen LogP) is 5.63. The molecule has 1 atom stereocenters. The molecule has 26 heavy (non-hydrogen) atoms. The second-order valence-corrected chi connectivity index (χ2v) is 8.36. The highest BCUT2D eigenvalue weighted by atomic mass is 79.9. The van der Waals surface area contributed by atoms with Gasteiger partial charge in [0.05, 0.1) is 11.3 Å². The summed E-state index contributed by atoms with van der Waals surface area (Å²) in [5, 5.41) is 3.25. The van der Waals surface area contributed by atoms with Gasteiger partial charge in [0.15, 0.2) is 0 Å². The molecule has 0 aromatic heterocycles. The smallest absolute Gasteiger partial charge is 0.255 e. The van der Waals surface area contributed by atoms with Crippen molar-refractivity contribution in [3.8, 4) is 0 Å². The van der Waals surface area contributed by atoms with Crippen LogP contribution in [0.3, 0.4) is 0 Å². The molecular formula is C22H21BrN2O. The van der Waals surface area contributed by atoms with E-state index in [0.717, 1.165) is 15.7 Å². The molecule has 1 aliphatic carbocycles. The number of anilines is 1. The zero-order valence-electron chi connectivity index (χ0n) is 14.5. The first-order valence-corrected chi connectivity index (χ1v) is 10.2. The lowest BCUT2D eigenvalue weighted by molar-refractivity contribution is 0.0927. The van der Waals surface area contributed by atoms with E-state index in [4.69, 9.17) is 0 Å². The van der Waals surface area contributed by atoms with Crippen molar-refractivity contribution in [1.29, 1.82) is 0 Å². The molecule has 1 fully saturated rings. The Morgan fingerprint density at radius 2 is 1.85 bits per heavy atom. The summed E-state index contributed by atoms with van der Waals surface area (Å²) in [7, 11) is 0. The molecule has 2 aromatic rings. The van der Waals surface area contributed by atoms with Crippen molar-refractivity contribution in [2.75, 3.05) is 4.90 Å². The summed E-state index contributed by atoms with van der Waals surface area (Å²) >= 11 is 3.51. The number of fused-ring (bicyclic) bond motifs is 5. The van der Waals surface area contributed by atoms with Gasteiger partial charge in [-0.2, -0.15) is 0 Å². The number of nitrogens with one attached hydrogen (secondary N) is 1. The van der Waals surface area contributed by atoms with Crippen LogP contribution in [-0.4, -0.2) is 5.91 Å². The molecule has 1 amide bonds. The third kappa shape index (κ3) is 2.50. The number of amides is 1. The molecule has 0 bridgehead atoms. The summed E-state index contributed by atoms with van der Waals surface area (Å²) in [6.45, 7) is 0. The quantitative estimate of drug-likeness (QED) is 0.662. The molecule has 0 radical (unpaired) electrons. The minimum absolute atomic E-state index is 0.00208. The van der Waals surface area contributed by atoms with E-state index in [2.05, 4.69) is 62.6 Å². The molecule has 5 rings (SSSR count). The van der Waals surface area contributed by atoms with Gasteiger partial charge in [-0.05, 0) is 48.6 Å². The van der Waals surface area contributed by atoms with Crippen LogP contribution in [0.25, 0.3) is 6.08 Å². The van der Waals surface area contributed by atoms with Gasteiger partial charge in [0.1, 0.15) is 6.17 Å². The lowest BCUT2D eigenvalue weighted by Crippen LogP contribution is -2.48. The predicted molar refractivity (Wildman–Crippen MR) is 108 cm³/mol. The zero-order valence-corrected chi connectivity index (χ0v) is 16.1. The van der Waals surface area contributed by atoms with Crippen molar-refractivity contribution in [3.05, 3.63) is 69.3 Å². The number of rotatable bonds is 1. The summed E-state index contributed by atoms with van der Waals surface area (Å²) in [5.41, 5.74) is 5.53. The van der Waals surface area contributed by atoms with Gasteiger partial charge >= 0.3 is 0 Å². The van der Waals surface area contributed by atoms with Crippen LogP contribution >= 0.6 is 15.9 Å². The van der Waals surface area contributed by atoms with E-state index in [0.29, 0.717) is 5.92 Å². The third-order valence-corrected chi connectivity index (χ3v) is 6.38. The minimum atomic E-state index is -0.116. The topological polar surface area (TPSA) is 32.3 Å². The fraction of sp³-hybridized carbons (Fsp3) is 0.318. The Bertz CT molecular complexity index is 914. The number of halogens is 1. The Hall–Kier alpha value is -2.07. The molecular weight excluding hydrogens is 388 g/mol. The van der Waals surface area contributed by atoms with Crippen LogP contribution in [-0.2, 0) is 0 Å². The fourth-order valence-corrected chi connectivity index (χ4v) is 5.00. The Labute approximate surface area is 162 Å². The van der Waals surface area contributed by atoms with E-state index in [-0.39, 0.29) is 12.1 Å². The standard InChI is InChI=1S/C22H21BrN2O/c23-16-10-11-19-18(13-16)22(26)24-21-17-9-5-4-8-15(17)12-20(25(19)21)14-6-2-1-3-7-14/h4-5,8-14,21H,1-3,6-7H2,(H,24,26)/t21-/m0/s1. The second kappa shape index (κ2) is 6.27. The van der Waals surface area contributed by atoms with Crippen molar-refractivity contribution in [3.63, 3.8) is 0 Å². The van der Waals surface area contributed by atoms with Crippen molar-refractivity contribution in [2.45, 2.75) is 38.3 Å². The summed E-state index contributed by atoms with van der Waals surface area (Å²) in [5.74, 6) is 0.563. The van der Waals surface area contributed by atoms with Crippen molar-refractivity contribution in [2.24, 2.45) is 5.92 Å². The summed E-state index contributed by atoms with van der Waals surface area (Å²) in [4.78, 5) is 15.2. The van der Waals surface area contributed by atoms with Crippen LogP contribution in [0.5, 0.6) is 0 Å². The molecule has 2 aliphatic heterocycles. The van der Waals surface area contributed by atoms with Crippen LogP contribution in [0.2, 0.25) is 0 Å². The largest absolute Gasteiger partial charge is 0.327 e. The minimum Gasteiger partial charge on any atom is -0.327 e. The Morgan fingerprint density at radius 3 is 2.69 bits per heavy atom. The number of benzene rings is 2. The van der Waals surface area contributed by atoms with Crippen LogP contribution in [0.15, 0.2) is 52.6 Å². The van der Waals surface area contributed by atoms with Crippen LogP contribution in [0, 0.1) is 5.92 Å². The normalized spacial score (nSPS) is 22.0. The maximum absolute atomic E-state index is 12.8. The number of carbonyl (C=O) groups excluding carboxylic acids is 1. The van der Waals surface area contributed by atoms with Gasteiger partial charge in [-0.1, -0.05) is 59.5 Å². The number of carbonyl (C=O) groups is 1. The van der Waals surface area contributed by atoms with Gasteiger partial charge in [-0.3, -0.25) is 4.79 Å². The lowest BCUT2D eigenvalue weighted by atomic mass is 9.82. The summed E-state index contributed by atoms with van der Waals surface area (Å²) in [6, 6.07) is 14.5. The molecule has 0 saturated heterocycles. The lowest BCUT2D eigenvalue weighted by Gasteiger charge is -2.46. The Morgan fingerprint density at radius 1 is 1.04 bits per heavy atom. The molecule has 0 spiro atoms. The molecule has 1 saturated carbocycles. The molecule has 4 heteroatoms. The number of allylic oxidation sites excluding steroid dienone is 1. The zero-order chi connectivity index (χ0) is 17.7. The first-order valence-electron chi connectivity index (χ1n) is 9.42. The second-order valence-electron chi connectivity index (χ2n) is 7.44. The third-order valence-electron chi connectivity index (χ3n) is 5.88. The van der Waals surface area contributed by atoms with Crippen LogP contribution in [0.1, 0.15) is 59.8 Å². The Balaban J connectivity index is 1.70. The van der Waals surface area contributed by atoms with Crippen molar-refractivity contribution >= 4 is 33.6 Å². The molecule has 3 nitrogen and oxygen atoms in total. The molecule has 3 aliphatic rings. The van der Waals surface area contributed by atoms with Gasteiger partial charge in [-0.15, -0.1) is 0 Å². The maximum Gasteiger partial charge on any atom is 0.255 e. The van der Waals surface area contributed by atoms with E-state index in [1.165, 1.54) is 48.9 Å². The van der Waals surface area contributed by atoms with Gasteiger partial charge in [0.2, 0.25) is 0 Å². The van der Waals surface area contributed by atoms with Gasteiger partial charge in [0, 0.05) is 15.7 Å². The van der Waals surface area contributed by atoms with E-state index in [9.17, 15) is 4.79 Å². The first-order chi connectivity index (χ1) is 12.7. The van der Waals surface area contributed by atoms with Crippen LogP contribution < -0.4 is 10.2 Å². The highest BCUT2D eigenvalue weighted by Crippen LogP contribution is 2.46. The fourth-order valence-electron chi connectivity index (χ4n) is 4.64. The van der Waals surface area contributed by atoms with E-state index >= 15 is 0 Å². The number of nitrogens with zero attached hydrogens (tertiary/aromatic N) is 1. The van der Waals surface area contributed by atoms with Gasteiger partial charge in [-0.25, -0.2) is 0 Å². The summed E-state index contributed by atoms with van der Waals surface area (Å²) < 4.78 is 0.936. The van der Waals surface area contributed by atoms with E-state index in [1.807, 2.05) is 12.1 Å². The molecule has 2 aromatic carbocycles.